The van der Waals surface area contributed by atoms with Crippen molar-refractivity contribution < 1.29 is 9.53 Å². The Balaban J connectivity index is 2.87. The van der Waals surface area contributed by atoms with Crippen molar-refractivity contribution in [2.24, 2.45) is 5.41 Å². The van der Waals surface area contributed by atoms with Crippen LogP contribution in [0.1, 0.15) is 27.7 Å². The van der Waals surface area contributed by atoms with Crippen LogP contribution >= 0.6 is 11.6 Å². The molecule has 1 heterocycles. The van der Waals surface area contributed by atoms with Crippen molar-refractivity contribution in [2.45, 2.75) is 33.8 Å². The third-order valence-corrected chi connectivity index (χ3v) is 2.98. The number of nitrogens with zero attached hydrogens (tertiary/aromatic N) is 1. The number of rotatable bonds is 5. The van der Waals surface area contributed by atoms with E-state index in [4.69, 9.17) is 16.3 Å². The summed E-state index contributed by atoms with van der Waals surface area (Å²) in [5, 5.41) is 2.80. The third kappa shape index (κ3) is 3.88. The number of carbonyl (C=O) groups is 1. The van der Waals surface area contributed by atoms with E-state index in [1.807, 2.05) is 13.8 Å². The van der Waals surface area contributed by atoms with Crippen LogP contribution in [0.3, 0.4) is 0 Å². The first-order valence-corrected chi connectivity index (χ1v) is 6.39. The monoisotopic (exact) mass is 270 g/mol. The molecule has 0 unspecified atom stereocenters. The van der Waals surface area contributed by atoms with Crippen LogP contribution in [0.2, 0.25) is 0 Å². The van der Waals surface area contributed by atoms with Gasteiger partial charge >= 0.3 is 0 Å². The van der Waals surface area contributed by atoms with Crippen LogP contribution in [0.25, 0.3) is 0 Å². The van der Waals surface area contributed by atoms with Gasteiger partial charge in [0, 0.05) is 12.1 Å². The molecule has 5 heteroatoms. The molecule has 1 rings (SSSR count). The van der Waals surface area contributed by atoms with Gasteiger partial charge in [-0.1, -0.05) is 0 Å². The molecule has 0 spiro atoms. The number of halogens is 1. The second-order valence-corrected chi connectivity index (χ2v) is 5.26. The summed E-state index contributed by atoms with van der Waals surface area (Å²) in [6.45, 7) is 7.38. The van der Waals surface area contributed by atoms with E-state index < -0.39 is 5.41 Å². The lowest BCUT2D eigenvalue weighted by Crippen LogP contribution is -2.32. The van der Waals surface area contributed by atoms with Crippen molar-refractivity contribution in [2.75, 3.05) is 11.2 Å². The first-order valence-electron chi connectivity index (χ1n) is 5.86. The van der Waals surface area contributed by atoms with Crippen molar-refractivity contribution >= 4 is 23.2 Å². The van der Waals surface area contributed by atoms with Gasteiger partial charge < -0.3 is 10.1 Å². The molecule has 18 heavy (non-hydrogen) atoms. The lowest BCUT2D eigenvalue weighted by Gasteiger charge is -2.21. The number of amides is 1. The standard InChI is InChI=1S/C13H19ClN2O2/c1-9(2)18-11-10(6-5-7-15-11)16-12(17)13(3,4)8-14/h5-7,9H,8H2,1-4H3,(H,16,17). The number of ether oxygens (including phenoxy) is 1. The summed E-state index contributed by atoms with van der Waals surface area (Å²) < 4.78 is 5.53. The van der Waals surface area contributed by atoms with Crippen molar-refractivity contribution in [3.8, 4) is 5.88 Å². The summed E-state index contributed by atoms with van der Waals surface area (Å²) in [4.78, 5) is 16.1. The number of alkyl halides is 1. The molecule has 1 aromatic rings. The highest BCUT2D eigenvalue weighted by molar-refractivity contribution is 6.20. The van der Waals surface area contributed by atoms with Gasteiger partial charge in [-0.2, -0.15) is 0 Å². The maximum absolute atomic E-state index is 12.0. The molecular formula is C13H19ClN2O2. The van der Waals surface area contributed by atoms with E-state index in [-0.39, 0.29) is 17.9 Å². The van der Waals surface area contributed by atoms with E-state index in [1.54, 1.807) is 32.2 Å². The SMILES string of the molecule is CC(C)Oc1ncccc1NC(=O)C(C)(C)CCl. The predicted molar refractivity (Wildman–Crippen MR) is 73.1 cm³/mol. The molecule has 100 valence electrons. The fourth-order valence-electron chi connectivity index (χ4n) is 1.16. The van der Waals surface area contributed by atoms with Crippen LogP contribution in [0.4, 0.5) is 5.69 Å². The molecule has 0 atom stereocenters. The number of carbonyl (C=O) groups excluding carboxylic acids is 1. The summed E-state index contributed by atoms with van der Waals surface area (Å²) in [7, 11) is 0. The van der Waals surface area contributed by atoms with Gasteiger partial charge in [-0.25, -0.2) is 4.98 Å². The van der Waals surface area contributed by atoms with Crippen molar-refractivity contribution in [1.29, 1.82) is 0 Å². The van der Waals surface area contributed by atoms with Crippen LogP contribution in [-0.2, 0) is 4.79 Å². The fourth-order valence-corrected chi connectivity index (χ4v) is 1.28. The second kappa shape index (κ2) is 6.05. The third-order valence-electron chi connectivity index (χ3n) is 2.32. The largest absolute Gasteiger partial charge is 0.473 e. The lowest BCUT2D eigenvalue weighted by atomic mass is 9.95. The molecule has 1 aromatic heterocycles. The number of nitrogens with one attached hydrogen (secondary N) is 1. The smallest absolute Gasteiger partial charge is 0.238 e. The summed E-state index contributed by atoms with van der Waals surface area (Å²) in [5.41, 5.74) is -0.0682. The molecule has 0 radical (unpaired) electrons. The van der Waals surface area contributed by atoms with Crippen molar-refractivity contribution in [3.05, 3.63) is 18.3 Å². The Kier molecular flexibility index (Phi) is 4.96. The molecule has 0 aromatic carbocycles. The zero-order chi connectivity index (χ0) is 13.8. The molecule has 0 saturated heterocycles. The van der Waals surface area contributed by atoms with E-state index in [9.17, 15) is 4.79 Å². The highest BCUT2D eigenvalue weighted by atomic mass is 35.5. The Bertz CT molecular complexity index is 419. The van der Waals surface area contributed by atoms with E-state index in [1.165, 1.54) is 0 Å². The van der Waals surface area contributed by atoms with E-state index in [0.717, 1.165) is 0 Å². The topological polar surface area (TPSA) is 51.2 Å². The Morgan fingerprint density at radius 3 is 2.78 bits per heavy atom. The van der Waals surface area contributed by atoms with Crippen molar-refractivity contribution in [1.82, 2.24) is 4.98 Å². The summed E-state index contributed by atoms with van der Waals surface area (Å²) in [5.74, 6) is 0.518. The van der Waals surface area contributed by atoms with E-state index in [2.05, 4.69) is 10.3 Å². The average Bonchev–Trinajstić information content (AvgIpc) is 2.31. The highest BCUT2D eigenvalue weighted by Gasteiger charge is 2.27. The Labute approximate surface area is 113 Å². The zero-order valence-corrected chi connectivity index (χ0v) is 11.9. The average molecular weight is 271 g/mol. The predicted octanol–water partition coefficient (Wildman–Crippen LogP) is 3.07. The van der Waals surface area contributed by atoms with Gasteiger partial charge in [0.15, 0.2) is 0 Å². The molecule has 0 saturated carbocycles. The van der Waals surface area contributed by atoms with Crippen LogP contribution in [0.15, 0.2) is 18.3 Å². The molecule has 1 amide bonds. The summed E-state index contributed by atoms with van der Waals surface area (Å²) >= 11 is 5.77. The van der Waals surface area contributed by atoms with Gasteiger partial charge in [0.25, 0.3) is 0 Å². The molecule has 0 aliphatic rings. The van der Waals surface area contributed by atoms with Gasteiger partial charge in [-0.3, -0.25) is 4.79 Å². The quantitative estimate of drug-likeness (QED) is 0.837. The molecule has 0 aliphatic carbocycles. The van der Waals surface area contributed by atoms with E-state index in [0.29, 0.717) is 11.6 Å². The van der Waals surface area contributed by atoms with Gasteiger partial charge in [0.2, 0.25) is 11.8 Å². The van der Waals surface area contributed by atoms with Crippen LogP contribution in [0, 0.1) is 5.41 Å². The highest BCUT2D eigenvalue weighted by Crippen LogP contribution is 2.25. The summed E-state index contributed by atoms with van der Waals surface area (Å²) in [6, 6.07) is 3.50. The summed E-state index contributed by atoms with van der Waals surface area (Å²) in [6.07, 6.45) is 1.62. The fraction of sp³-hybridized carbons (Fsp3) is 0.538. The van der Waals surface area contributed by atoms with Crippen molar-refractivity contribution in [3.63, 3.8) is 0 Å². The van der Waals surface area contributed by atoms with Gasteiger partial charge in [0.05, 0.1) is 11.5 Å². The van der Waals surface area contributed by atoms with E-state index >= 15 is 0 Å². The first kappa shape index (κ1) is 14.8. The molecule has 0 fully saturated rings. The lowest BCUT2D eigenvalue weighted by molar-refractivity contribution is -0.123. The zero-order valence-electron chi connectivity index (χ0n) is 11.2. The van der Waals surface area contributed by atoms with Crippen LogP contribution < -0.4 is 10.1 Å². The molecule has 0 aliphatic heterocycles. The minimum atomic E-state index is -0.632. The maximum atomic E-state index is 12.0. The molecular weight excluding hydrogens is 252 g/mol. The number of pyridine rings is 1. The van der Waals surface area contributed by atoms with Gasteiger partial charge in [-0.05, 0) is 39.8 Å². The number of aromatic nitrogens is 1. The number of anilines is 1. The number of hydrogen-bond donors (Lipinski definition) is 1. The van der Waals surface area contributed by atoms with Gasteiger partial charge in [0.1, 0.15) is 5.69 Å². The van der Waals surface area contributed by atoms with Gasteiger partial charge in [-0.15, -0.1) is 11.6 Å². The number of hydrogen-bond acceptors (Lipinski definition) is 3. The Hall–Kier alpha value is -1.29. The van der Waals surface area contributed by atoms with Crippen LogP contribution in [0.5, 0.6) is 5.88 Å². The Morgan fingerprint density at radius 2 is 2.22 bits per heavy atom. The normalized spacial score (nSPS) is 11.4. The minimum Gasteiger partial charge on any atom is -0.473 e. The molecule has 1 N–H and O–H groups in total. The molecule has 0 bridgehead atoms. The van der Waals surface area contributed by atoms with Crippen LogP contribution in [-0.4, -0.2) is 22.9 Å². The molecule has 4 nitrogen and oxygen atoms in total. The minimum absolute atomic E-state index is 0.00316. The first-order chi connectivity index (χ1) is 8.36. The second-order valence-electron chi connectivity index (χ2n) is 4.99. The Morgan fingerprint density at radius 1 is 1.56 bits per heavy atom. The maximum Gasteiger partial charge on any atom is 0.238 e.